The van der Waals surface area contributed by atoms with E-state index in [1.165, 1.54) is 0 Å². The predicted molar refractivity (Wildman–Crippen MR) is 95.1 cm³/mol. The van der Waals surface area contributed by atoms with Crippen molar-refractivity contribution >= 4 is 23.3 Å². The van der Waals surface area contributed by atoms with E-state index in [0.717, 1.165) is 31.6 Å². The summed E-state index contributed by atoms with van der Waals surface area (Å²) in [7, 11) is 0. The van der Waals surface area contributed by atoms with Crippen LogP contribution in [0.4, 0.5) is 16.2 Å². The molecule has 132 valence electrons. The summed E-state index contributed by atoms with van der Waals surface area (Å²) in [6, 6.07) is 6.85. The molecule has 1 aliphatic rings. The Morgan fingerprint density at radius 3 is 2.42 bits per heavy atom. The quantitative estimate of drug-likeness (QED) is 0.716. The van der Waals surface area contributed by atoms with Gasteiger partial charge in [-0.2, -0.15) is 0 Å². The van der Waals surface area contributed by atoms with Gasteiger partial charge in [0.05, 0.1) is 6.10 Å². The van der Waals surface area contributed by atoms with Gasteiger partial charge in [-0.3, -0.25) is 4.79 Å². The molecule has 3 amide bonds. The number of carbonyl (C=O) groups is 2. The predicted octanol–water partition coefficient (Wildman–Crippen LogP) is 3.36. The minimum absolute atomic E-state index is 0.0127. The number of rotatable bonds is 7. The van der Waals surface area contributed by atoms with Gasteiger partial charge in [0.15, 0.2) is 0 Å². The Morgan fingerprint density at radius 2 is 1.83 bits per heavy atom. The van der Waals surface area contributed by atoms with E-state index in [1.54, 1.807) is 24.3 Å². The molecule has 0 saturated carbocycles. The zero-order chi connectivity index (χ0) is 17.4. The molecule has 0 aromatic heterocycles. The molecule has 1 atom stereocenters. The van der Waals surface area contributed by atoms with Crippen LogP contribution < -0.4 is 16.0 Å². The molecule has 0 bridgehead atoms. The fourth-order valence-electron chi connectivity index (χ4n) is 2.47. The van der Waals surface area contributed by atoms with Crippen molar-refractivity contribution in [3.63, 3.8) is 0 Å². The molecule has 1 saturated heterocycles. The molecule has 3 N–H and O–H groups in total. The summed E-state index contributed by atoms with van der Waals surface area (Å²) < 4.78 is 5.46. The van der Waals surface area contributed by atoms with Crippen molar-refractivity contribution in [2.24, 2.45) is 5.92 Å². The van der Waals surface area contributed by atoms with Crippen LogP contribution in [0.2, 0.25) is 0 Å². The van der Waals surface area contributed by atoms with E-state index in [4.69, 9.17) is 4.74 Å². The van der Waals surface area contributed by atoms with E-state index in [0.29, 0.717) is 24.6 Å². The van der Waals surface area contributed by atoms with Crippen molar-refractivity contribution in [1.82, 2.24) is 5.32 Å². The van der Waals surface area contributed by atoms with E-state index < -0.39 is 0 Å². The van der Waals surface area contributed by atoms with Crippen molar-refractivity contribution in [3.05, 3.63) is 24.3 Å². The number of anilines is 2. The van der Waals surface area contributed by atoms with E-state index >= 15 is 0 Å². The lowest BCUT2D eigenvalue weighted by Crippen LogP contribution is -2.35. The van der Waals surface area contributed by atoms with Crippen molar-refractivity contribution < 1.29 is 14.3 Å². The van der Waals surface area contributed by atoms with Gasteiger partial charge in [-0.15, -0.1) is 0 Å². The first-order chi connectivity index (χ1) is 11.5. The first-order valence-electron chi connectivity index (χ1n) is 8.59. The van der Waals surface area contributed by atoms with Crippen molar-refractivity contribution in [2.45, 2.75) is 45.6 Å². The van der Waals surface area contributed by atoms with Gasteiger partial charge in [0, 0.05) is 30.9 Å². The van der Waals surface area contributed by atoms with Crippen molar-refractivity contribution in [2.75, 3.05) is 23.8 Å². The van der Waals surface area contributed by atoms with Crippen LogP contribution in [0.1, 0.15) is 39.5 Å². The summed E-state index contributed by atoms with van der Waals surface area (Å²) in [5.41, 5.74) is 1.41. The minimum atomic E-state index is -0.251. The third kappa shape index (κ3) is 6.58. The molecule has 1 aromatic carbocycles. The van der Waals surface area contributed by atoms with Gasteiger partial charge in [-0.05, 0) is 49.4 Å². The van der Waals surface area contributed by atoms with Gasteiger partial charge in [0.25, 0.3) is 0 Å². The summed E-state index contributed by atoms with van der Waals surface area (Å²) in [4.78, 5) is 23.6. The second kappa shape index (κ2) is 9.27. The van der Waals surface area contributed by atoms with Gasteiger partial charge in [-0.25, -0.2) is 4.79 Å². The van der Waals surface area contributed by atoms with Crippen LogP contribution in [0.25, 0.3) is 0 Å². The van der Waals surface area contributed by atoms with Crippen LogP contribution in [0.5, 0.6) is 0 Å². The van der Waals surface area contributed by atoms with Gasteiger partial charge in [0.2, 0.25) is 5.91 Å². The van der Waals surface area contributed by atoms with Gasteiger partial charge >= 0.3 is 6.03 Å². The summed E-state index contributed by atoms with van der Waals surface area (Å²) in [5, 5.41) is 8.43. The van der Waals surface area contributed by atoms with Crippen LogP contribution in [-0.2, 0) is 9.53 Å². The Balaban J connectivity index is 1.72. The molecule has 0 radical (unpaired) electrons. The number of carbonyl (C=O) groups excluding carboxylic acids is 2. The van der Waals surface area contributed by atoms with Crippen LogP contribution in [-0.4, -0.2) is 31.2 Å². The van der Waals surface area contributed by atoms with Crippen LogP contribution in [0.3, 0.4) is 0 Å². The number of urea groups is 1. The molecule has 24 heavy (non-hydrogen) atoms. The lowest BCUT2D eigenvalue weighted by atomic mass is 10.1. The van der Waals surface area contributed by atoms with Crippen molar-refractivity contribution in [1.29, 1.82) is 0 Å². The number of ether oxygens (including phenoxy) is 1. The zero-order valence-electron chi connectivity index (χ0n) is 14.4. The average Bonchev–Trinajstić information content (AvgIpc) is 3.06. The molecule has 0 aliphatic carbocycles. The molecule has 1 fully saturated rings. The molecule has 0 spiro atoms. The topological polar surface area (TPSA) is 79.5 Å². The Morgan fingerprint density at radius 1 is 1.17 bits per heavy atom. The standard InChI is InChI=1S/C18H27N3O3/c1-13(2)5-10-17(22)20-14-6-8-15(9-7-14)21-18(23)19-12-16-4-3-11-24-16/h6-9,13,16H,3-5,10-12H2,1-2H3,(H,20,22)(H2,19,21,23). The maximum absolute atomic E-state index is 11.8. The Hall–Kier alpha value is -2.08. The van der Waals surface area contributed by atoms with Crippen LogP contribution in [0.15, 0.2) is 24.3 Å². The largest absolute Gasteiger partial charge is 0.376 e. The first kappa shape index (κ1) is 18.3. The molecule has 1 heterocycles. The average molecular weight is 333 g/mol. The maximum Gasteiger partial charge on any atom is 0.319 e. The van der Waals surface area contributed by atoms with E-state index in [2.05, 4.69) is 29.8 Å². The molecular weight excluding hydrogens is 306 g/mol. The maximum atomic E-state index is 11.8. The SMILES string of the molecule is CC(C)CCC(=O)Nc1ccc(NC(=O)NCC2CCCO2)cc1. The minimum Gasteiger partial charge on any atom is -0.376 e. The molecule has 6 heteroatoms. The number of amides is 3. The normalized spacial score (nSPS) is 16.9. The summed E-state index contributed by atoms with van der Waals surface area (Å²) in [6.45, 7) is 5.49. The molecule has 1 aliphatic heterocycles. The Kier molecular flexibility index (Phi) is 7.06. The Bertz CT molecular complexity index is 537. The third-order valence-electron chi connectivity index (χ3n) is 3.89. The third-order valence-corrected chi connectivity index (χ3v) is 3.89. The monoisotopic (exact) mass is 333 g/mol. The van der Waals surface area contributed by atoms with Gasteiger partial charge in [-0.1, -0.05) is 13.8 Å². The number of hydrogen-bond acceptors (Lipinski definition) is 3. The first-order valence-corrected chi connectivity index (χ1v) is 8.59. The Labute approximate surface area is 143 Å². The highest BCUT2D eigenvalue weighted by Gasteiger charge is 2.16. The van der Waals surface area contributed by atoms with E-state index in [1.807, 2.05) is 0 Å². The molecule has 1 aromatic rings. The summed E-state index contributed by atoms with van der Waals surface area (Å²) in [5.74, 6) is 0.522. The van der Waals surface area contributed by atoms with Gasteiger partial charge in [0.1, 0.15) is 0 Å². The lowest BCUT2D eigenvalue weighted by Gasteiger charge is -2.12. The molecule has 6 nitrogen and oxygen atoms in total. The van der Waals surface area contributed by atoms with Crippen molar-refractivity contribution in [3.8, 4) is 0 Å². The fourth-order valence-corrected chi connectivity index (χ4v) is 2.47. The van der Waals surface area contributed by atoms with Crippen LogP contribution in [0, 0.1) is 5.92 Å². The highest BCUT2D eigenvalue weighted by molar-refractivity contribution is 5.92. The second-order valence-electron chi connectivity index (χ2n) is 6.53. The number of hydrogen-bond donors (Lipinski definition) is 3. The lowest BCUT2D eigenvalue weighted by molar-refractivity contribution is -0.116. The molecule has 1 unspecified atom stereocenters. The summed E-state index contributed by atoms with van der Waals surface area (Å²) >= 11 is 0. The van der Waals surface area contributed by atoms with Gasteiger partial charge < -0.3 is 20.7 Å². The molecular formula is C18H27N3O3. The molecule has 2 rings (SSSR count). The van der Waals surface area contributed by atoms with Crippen LogP contribution >= 0.6 is 0 Å². The smallest absolute Gasteiger partial charge is 0.319 e. The highest BCUT2D eigenvalue weighted by Crippen LogP contribution is 2.15. The fraction of sp³-hybridized carbons (Fsp3) is 0.556. The number of nitrogens with one attached hydrogen (secondary N) is 3. The number of benzene rings is 1. The second-order valence-corrected chi connectivity index (χ2v) is 6.53. The highest BCUT2D eigenvalue weighted by atomic mass is 16.5. The summed E-state index contributed by atoms with van der Waals surface area (Å²) in [6.07, 6.45) is 3.56. The zero-order valence-corrected chi connectivity index (χ0v) is 14.4. The van der Waals surface area contributed by atoms with E-state index in [9.17, 15) is 9.59 Å². The van der Waals surface area contributed by atoms with E-state index in [-0.39, 0.29) is 18.0 Å².